The van der Waals surface area contributed by atoms with E-state index in [1.165, 1.54) is 0 Å². The number of fused-ring (bicyclic) bond motifs is 1. The van der Waals surface area contributed by atoms with Crippen molar-refractivity contribution in [2.75, 3.05) is 20.8 Å². The molecule has 0 saturated heterocycles. The van der Waals surface area contributed by atoms with Crippen molar-refractivity contribution in [3.8, 4) is 22.2 Å². The van der Waals surface area contributed by atoms with Gasteiger partial charge in [0.05, 0.1) is 30.1 Å². The van der Waals surface area contributed by atoms with E-state index < -0.39 is 0 Å². The van der Waals surface area contributed by atoms with Crippen molar-refractivity contribution in [3.05, 3.63) is 29.6 Å². The summed E-state index contributed by atoms with van der Waals surface area (Å²) in [5.74, 6) is 2.30. The Morgan fingerprint density at radius 3 is 2.59 bits per heavy atom. The molecule has 1 atom stereocenters. The molecule has 0 aliphatic heterocycles. The molecule has 0 saturated carbocycles. The quantitative estimate of drug-likeness (QED) is 0.784. The van der Waals surface area contributed by atoms with Crippen molar-refractivity contribution in [2.24, 2.45) is 5.73 Å². The molecule has 3 aromatic rings. The molecule has 1 aromatic carbocycles. The Morgan fingerprint density at radius 2 is 2.00 bits per heavy atom. The summed E-state index contributed by atoms with van der Waals surface area (Å²) in [5.41, 5.74) is 7.78. The van der Waals surface area contributed by atoms with Gasteiger partial charge in [-0.2, -0.15) is 0 Å². The molecule has 116 valence electrons. The SMILES string of the molecule is COc1cc2nc(-c3cccs3)n(C(C)CN)c2cc1OC. The monoisotopic (exact) mass is 317 g/mol. The van der Waals surface area contributed by atoms with Crippen LogP contribution in [0.1, 0.15) is 13.0 Å². The molecule has 0 aliphatic rings. The molecule has 22 heavy (non-hydrogen) atoms. The Labute approximate surface area is 133 Å². The molecule has 2 heterocycles. The van der Waals surface area contributed by atoms with Gasteiger partial charge in [0.15, 0.2) is 17.3 Å². The predicted molar refractivity (Wildman–Crippen MR) is 89.9 cm³/mol. The zero-order valence-corrected chi connectivity index (χ0v) is 13.7. The van der Waals surface area contributed by atoms with Gasteiger partial charge in [0.2, 0.25) is 0 Å². The highest BCUT2D eigenvalue weighted by Crippen LogP contribution is 2.36. The number of thiophene rings is 1. The summed E-state index contributed by atoms with van der Waals surface area (Å²) in [7, 11) is 3.26. The molecule has 5 nitrogen and oxygen atoms in total. The highest BCUT2D eigenvalue weighted by atomic mass is 32.1. The molecular formula is C16H19N3O2S. The minimum Gasteiger partial charge on any atom is -0.493 e. The standard InChI is InChI=1S/C16H19N3O2S/c1-10(9-17)19-12-8-14(21-3)13(20-2)7-11(12)18-16(19)15-5-4-6-22-15/h4-8,10H,9,17H2,1-3H3. The third kappa shape index (κ3) is 2.34. The van der Waals surface area contributed by atoms with Gasteiger partial charge in [0, 0.05) is 24.7 Å². The maximum absolute atomic E-state index is 5.90. The predicted octanol–water partition coefficient (Wildman–Crippen LogP) is 3.30. The van der Waals surface area contributed by atoms with Crippen LogP contribution in [0.25, 0.3) is 21.7 Å². The van der Waals surface area contributed by atoms with Gasteiger partial charge < -0.3 is 19.8 Å². The van der Waals surface area contributed by atoms with Crippen LogP contribution in [0.15, 0.2) is 29.6 Å². The second kappa shape index (κ2) is 5.98. The largest absolute Gasteiger partial charge is 0.493 e. The summed E-state index contributed by atoms with van der Waals surface area (Å²) in [4.78, 5) is 5.91. The van der Waals surface area contributed by atoms with Crippen molar-refractivity contribution in [1.29, 1.82) is 0 Å². The van der Waals surface area contributed by atoms with Crippen LogP contribution in [0.5, 0.6) is 11.5 Å². The van der Waals surface area contributed by atoms with Gasteiger partial charge in [0.1, 0.15) is 0 Å². The fraction of sp³-hybridized carbons (Fsp3) is 0.312. The fourth-order valence-corrected chi connectivity index (χ4v) is 3.26. The Morgan fingerprint density at radius 1 is 1.27 bits per heavy atom. The third-order valence-corrected chi connectivity index (χ3v) is 4.58. The lowest BCUT2D eigenvalue weighted by Gasteiger charge is -2.16. The Kier molecular flexibility index (Phi) is 4.04. The lowest BCUT2D eigenvalue weighted by Crippen LogP contribution is -2.16. The van der Waals surface area contributed by atoms with Crippen molar-refractivity contribution in [2.45, 2.75) is 13.0 Å². The zero-order chi connectivity index (χ0) is 15.7. The molecule has 0 bridgehead atoms. The summed E-state index contributed by atoms with van der Waals surface area (Å²) in [6.45, 7) is 2.63. The van der Waals surface area contributed by atoms with E-state index in [0.29, 0.717) is 18.0 Å². The average Bonchev–Trinajstić information content (AvgIpc) is 3.19. The molecule has 0 aliphatic carbocycles. The van der Waals surface area contributed by atoms with Crippen LogP contribution < -0.4 is 15.2 Å². The second-order valence-corrected chi connectivity index (χ2v) is 6.01. The van der Waals surface area contributed by atoms with Crippen LogP contribution in [0.4, 0.5) is 0 Å². The number of ether oxygens (including phenoxy) is 2. The first-order valence-electron chi connectivity index (χ1n) is 7.07. The summed E-state index contributed by atoms with van der Waals surface area (Å²) in [6, 6.07) is 8.10. The average molecular weight is 317 g/mol. The number of rotatable bonds is 5. The second-order valence-electron chi connectivity index (χ2n) is 5.06. The highest BCUT2D eigenvalue weighted by Gasteiger charge is 2.19. The number of aromatic nitrogens is 2. The van der Waals surface area contributed by atoms with Crippen LogP contribution in [0, 0.1) is 0 Å². The Bertz CT molecular complexity index is 780. The smallest absolute Gasteiger partial charge is 0.163 e. The normalized spacial score (nSPS) is 12.5. The van der Waals surface area contributed by atoms with Gasteiger partial charge in [-0.25, -0.2) is 4.98 Å². The molecule has 6 heteroatoms. The number of hydrogen-bond acceptors (Lipinski definition) is 5. The lowest BCUT2D eigenvalue weighted by atomic mass is 10.2. The van der Waals surface area contributed by atoms with Crippen LogP contribution in [-0.4, -0.2) is 30.3 Å². The Balaban J connectivity index is 2.31. The molecule has 0 fully saturated rings. The molecule has 0 spiro atoms. The number of nitrogens with two attached hydrogens (primary N) is 1. The van der Waals surface area contributed by atoms with Crippen molar-refractivity contribution in [1.82, 2.24) is 9.55 Å². The molecule has 3 rings (SSSR count). The summed E-state index contributed by atoms with van der Waals surface area (Å²) in [6.07, 6.45) is 0. The van der Waals surface area contributed by atoms with Gasteiger partial charge >= 0.3 is 0 Å². The number of methoxy groups -OCH3 is 2. The molecule has 0 amide bonds. The van der Waals surface area contributed by atoms with Gasteiger partial charge in [-0.05, 0) is 18.4 Å². The van der Waals surface area contributed by atoms with E-state index in [2.05, 4.69) is 17.6 Å². The van der Waals surface area contributed by atoms with Gasteiger partial charge in [-0.15, -0.1) is 11.3 Å². The van der Waals surface area contributed by atoms with Crippen LogP contribution in [-0.2, 0) is 0 Å². The number of hydrogen-bond donors (Lipinski definition) is 1. The summed E-state index contributed by atoms with van der Waals surface area (Å²) in [5, 5.41) is 2.05. The van der Waals surface area contributed by atoms with Crippen LogP contribution in [0.3, 0.4) is 0 Å². The van der Waals surface area contributed by atoms with Crippen molar-refractivity contribution in [3.63, 3.8) is 0 Å². The third-order valence-electron chi connectivity index (χ3n) is 3.72. The fourth-order valence-electron chi connectivity index (χ4n) is 2.55. The zero-order valence-electron chi connectivity index (χ0n) is 12.9. The maximum atomic E-state index is 5.90. The first-order valence-corrected chi connectivity index (χ1v) is 7.95. The number of nitrogens with zero attached hydrogens (tertiary/aromatic N) is 2. The summed E-state index contributed by atoms with van der Waals surface area (Å²) < 4.78 is 13.0. The molecule has 2 N–H and O–H groups in total. The van der Waals surface area contributed by atoms with Crippen LogP contribution in [0.2, 0.25) is 0 Å². The van der Waals surface area contributed by atoms with Gasteiger partial charge in [-0.3, -0.25) is 0 Å². The molecule has 0 radical (unpaired) electrons. The molecular weight excluding hydrogens is 298 g/mol. The van der Waals surface area contributed by atoms with Gasteiger partial charge in [0.25, 0.3) is 0 Å². The van der Waals surface area contributed by atoms with E-state index in [1.54, 1.807) is 25.6 Å². The van der Waals surface area contributed by atoms with Crippen molar-refractivity contribution >= 4 is 22.4 Å². The van der Waals surface area contributed by atoms with Gasteiger partial charge in [-0.1, -0.05) is 6.07 Å². The van der Waals surface area contributed by atoms with E-state index in [4.69, 9.17) is 20.2 Å². The minimum absolute atomic E-state index is 0.139. The molecule has 1 unspecified atom stereocenters. The highest BCUT2D eigenvalue weighted by molar-refractivity contribution is 7.13. The maximum Gasteiger partial charge on any atom is 0.163 e. The first-order chi connectivity index (χ1) is 10.7. The van der Waals surface area contributed by atoms with E-state index in [0.717, 1.165) is 21.7 Å². The number of imidazole rings is 1. The lowest BCUT2D eigenvalue weighted by molar-refractivity contribution is 0.355. The molecule has 2 aromatic heterocycles. The first kappa shape index (κ1) is 14.9. The van der Waals surface area contributed by atoms with E-state index in [9.17, 15) is 0 Å². The minimum atomic E-state index is 0.139. The topological polar surface area (TPSA) is 62.3 Å². The Hall–Kier alpha value is -2.05. The van der Waals surface area contributed by atoms with E-state index in [-0.39, 0.29) is 6.04 Å². The van der Waals surface area contributed by atoms with E-state index in [1.807, 2.05) is 23.6 Å². The number of benzene rings is 1. The van der Waals surface area contributed by atoms with E-state index >= 15 is 0 Å². The summed E-state index contributed by atoms with van der Waals surface area (Å²) >= 11 is 1.67. The van der Waals surface area contributed by atoms with Crippen LogP contribution >= 0.6 is 11.3 Å². The van der Waals surface area contributed by atoms with Crippen molar-refractivity contribution < 1.29 is 9.47 Å².